The molecule has 2 N–H and O–H groups in total. The van der Waals surface area contributed by atoms with Gasteiger partial charge in [0.1, 0.15) is 12.4 Å². The molecule has 3 rings (SSSR count). The van der Waals surface area contributed by atoms with Crippen molar-refractivity contribution in [1.29, 1.82) is 0 Å². The molecule has 0 radical (unpaired) electrons. The number of carbonyl (C=O) groups is 2. The standard InChI is InChI=1S/C23H26F2N2O4/c1-16(17-7-9-18(10-8-17)22(29)30)26-21(28)20-15-23(24,25)11-12-27(20)13-14-31-19-5-3-2-4-6-19/h2-10,16,20H,11-15H2,1H3,(H,26,28)(H,29,30)/t16-,20+/m0/s1. The lowest BCUT2D eigenvalue weighted by molar-refractivity contribution is -0.138. The second-order valence-corrected chi connectivity index (χ2v) is 7.68. The number of carbonyl (C=O) groups excluding carboxylic acids is 1. The second kappa shape index (κ2) is 9.87. The lowest BCUT2D eigenvalue weighted by Gasteiger charge is -2.38. The zero-order chi connectivity index (χ0) is 22.4. The van der Waals surface area contributed by atoms with E-state index in [1.165, 1.54) is 12.1 Å². The van der Waals surface area contributed by atoms with Crippen molar-refractivity contribution in [2.24, 2.45) is 0 Å². The number of halogens is 2. The van der Waals surface area contributed by atoms with Crippen LogP contribution in [0.2, 0.25) is 0 Å². The van der Waals surface area contributed by atoms with Crippen molar-refractivity contribution in [3.63, 3.8) is 0 Å². The number of hydrogen-bond acceptors (Lipinski definition) is 4. The summed E-state index contributed by atoms with van der Waals surface area (Å²) in [5.41, 5.74) is 0.832. The Morgan fingerprint density at radius 1 is 1.19 bits per heavy atom. The first-order chi connectivity index (χ1) is 14.7. The van der Waals surface area contributed by atoms with Gasteiger partial charge in [-0.05, 0) is 36.8 Å². The largest absolute Gasteiger partial charge is 0.492 e. The molecule has 166 valence electrons. The summed E-state index contributed by atoms with van der Waals surface area (Å²) >= 11 is 0. The van der Waals surface area contributed by atoms with Crippen LogP contribution in [0.25, 0.3) is 0 Å². The molecule has 2 atom stereocenters. The minimum Gasteiger partial charge on any atom is -0.492 e. The minimum atomic E-state index is -2.90. The Balaban J connectivity index is 1.62. The highest BCUT2D eigenvalue weighted by molar-refractivity contribution is 5.87. The first-order valence-electron chi connectivity index (χ1n) is 10.2. The maximum absolute atomic E-state index is 14.1. The Labute approximate surface area is 179 Å². The van der Waals surface area contributed by atoms with Crippen LogP contribution in [0.3, 0.4) is 0 Å². The van der Waals surface area contributed by atoms with Gasteiger partial charge in [0.05, 0.1) is 17.6 Å². The average Bonchev–Trinajstić information content (AvgIpc) is 2.75. The Kier molecular flexibility index (Phi) is 7.22. The van der Waals surface area contributed by atoms with E-state index in [4.69, 9.17) is 9.84 Å². The molecule has 6 nitrogen and oxygen atoms in total. The number of amides is 1. The zero-order valence-corrected chi connectivity index (χ0v) is 17.3. The molecule has 0 bridgehead atoms. The van der Waals surface area contributed by atoms with Gasteiger partial charge in [0.25, 0.3) is 5.92 Å². The van der Waals surface area contributed by atoms with Crippen molar-refractivity contribution in [1.82, 2.24) is 10.2 Å². The minimum absolute atomic E-state index is 0.102. The quantitative estimate of drug-likeness (QED) is 0.665. The van der Waals surface area contributed by atoms with Gasteiger partial charge in [-0.2, -0.15) is 0 Å². The summed E-state index contributed by atoms with van der Waals surface area (Å²) in [5, 5.41) is 11.8. The van der Waals surface area contributed by atoms with Crippen molar-refractivity contribution in [3.8, 4) is 5.75 Å². The summed E-state index contributed by atoms with van der Waals surface area (Å²) in [6.07, 6.45) is -0.844. The fraction of sp³-hybridized carbons (Fsp3) is 0.391. The van der Waals surface area contributed by atoms with Gasteiger partial charge >= 0.3 is 5.97 Å². The Bertz CT molecular complexity index is 890. The van der Waals surface area contributed by atoms with E-state index in [0.717, 1.165) is 0 Å². The van der Waals surface area contributed by atoms with Gasteiger partial charge in [0.15, 0.2) is 0 Å². The Morgan fingerprint density at radius 3 is 2.52 bits per heavy atom. The van der Waals surface area contributed by atoms with Crippen molar-refractivity contribution in [2.75, 3.05) is 19.7 Å². The molecule has 1 aliphatic heterocycles. The van der Waals surface area contributed by atoms with Crippen molar-refractivity contribution in [3.05, 3.63) is 65.7 Å². The van der Waals surface area contributed by atoms with Gasteiger partial charge in [0.2, 0.25) is 5.91 Å². The van der Waals surface area contributed by atoms with Gasteiger partial charge in [-0.25, -0.2) is 13.6 Å². The lowest BCUT2D eigenvalue weighted by Crippen LogP contribution is -2.55. The summed E-state index contributed by atoms with van der Waals surface area (Å²) in [7, 11) is 0. The van der Waals surface area contributed by atoms with Crippen LogP contribution in [0.15, 0.2) is 54.6 Å². The molecule has 31 heavy (non-hydrogen) atoms. The smallest absolute Gasteiger partial charge is 0.335 e. The van der Waals surface area contributed by atoms with Gasteiger partial charge in [0, 0.05) is 25.9 Å². The van der Waals surface area contributed by atoms with Crippen LogP contribution in [0.5, 0.6) is 5.75 Å². The summed E-state index contributed by atoms with van der Waals surface area (Å²) in [6, 6.07) is 13.9. The van der Waals surface area contributed by atoms with Gasteiger partial charge in [-0.1, -0.05) is 30.3 Å². The molecule has 0 aromatic heterocycles. The van der Waals surface area contributed by atoms with E-state index in [2.05, 4.69) is 5.32 Å². The van der Waals surface area contributed by atoms with E-state index in [-0.39, 0.29) is 25.1 Å². The molecule has 8 heteroatoms. The summed E-state index contributed by atoms with van der Waals surface area (Å²) < 4.78 is 33.8. The van der Waals surface area contributed by atoms with Crippen molar-refractivity contribution < 1.29 is 28.2 Å². The number of likely N-dealkylation sites (tertiary alicyclic amines) is 1. The Morgan fingerprint density at radius 2 is 1.87 bits per heavy atom. The third kappa shape index (κ3) is 6.24. The first kappa shape index (κ1) is 22.7. The average molecular weight is 432 g/mol. The number of rotatable bonds is 8. The number of para-hydroxylation sites is 1. The highest BCUT2D eigenvalue weighted by atomic mass is 19.3. The van der Waals surface area contributed by atoms with Gasteiger partial charge in [-0.3, -0.25) is 9.69 Å². The number of carboxylic acids is 1. The number of nitrogens with one attached hydrogen (secondary N) is 1. The number of hydrogen-bond donors (Lipinski definition) is 2. The summed E-state index contributed by atoms with van der Waals surface area (Å²) in [5.74, 6) is -3.73. The van der Waals surface area contributed by atoms with Crippen molar-refractivity contribution in [2.45, 2.75) is 37.8 Å². The van der Waals surface area contributed by atoms with E-state index < -0.39 is 36.3 Å². The Hall–Kier alpha value is -3.00. The van der Waals surface area contributed by atoms with E-state index in [1.807, 2.05) is 30.3 Å². The predicted octanol–water partition coefficient (Wildman–Crippen LogP) is 3.74. The van der Waals surface area contributed by atoms with Crippen LogP contribution >= 0.6 is 0 Å². The summed E-state index contributed by atoms with van der Waals surface area (Å²) in [4.78, 5) is 25.6. The van der Waals surface area contributed by atoms with Crippen LogP contribution in [-0.4, -0.2) is 53.5 Å². The molecule has 0 unspecified atom stereocenters. The topological polar surface area (TPSA) is 78.9 Å². The number of nitrogens with zero attached hydrogens (tertiary/aromatic N) is 1. The molecule has 1 aliphatic rings. The second-order valence-electron chi connectivity index (χ2n) is 7.68. The normalized spacial score (nSPS) is 19.4. The molecular weight excluding hydrogens is 406 g/mol. The highest BCUT2D eigenvalue weighted by Crippen LogP contribution is 2.32. The molecule has 1 heterocycles. The van der Waals surface area contributed by atoms with Crippen LogP contribution < -0.4 is 10.1 Å². The number of ether oxygens (including phenoxy) is 1. The molecule has 1 saturated heterocycles. The SMILES string of the molecule is C[C@H](NC(=O)[C@H]1CC(F)(F)CCN1CCOc1ccccc1)c1ccc(C(=O)O)cc1. The number of carboxylic acid groups (broad SMARTS) is 1. The fourth-order valence-electron chi connectivity index (χ4n) is 3.61. The van der Waals surface area contributed by atoms with E-state index in [0.29, 0.717) is 17.9 Å². The lowest BCUT2D eigenvalue weighted by atomic mass is 9.97. The van der Waals surface area contributed by atoms with Crippen LogP contribution in [0.4, 0.5) is 8.78 Å². The van der Waals surface area contributed by atoms with E-state index in [1.54, 1.807) is 24.0 Å². The van der Waals surface area contributed by atoms with Gasteiger partial charge in [-0.15, -0.1) is 0 Å². The summed E-state index contributed by atoms with van der Waals surface area (Å²) in [6.45, 7) is 2.47. The van der Waals surface area contributed by atoms with E-state index >= 15 is 0 Å². The van der Waals surface area contributed by atoms with Crippen LogP contribution in [-0.2, 0) is 4.79 Å². The zero-order valence-electron chi connectivity index (χ0n) is 17.3. The van der Waals surface area contributed by atoms with Crippen molar-refractivity contribution >= 4 is 11.9 Å². The monoisotopic (exact) mass is 432 g/mol. The molecule has 0 spiro atoms. The molecule has 1 amide bonds. The number of benzene rings is 2. The highest BCUT2D eigenvalue weighted by Gasteiger charge is 2.43. The molecule has 1 fully saturated rings. The third-order valence-corrected chi connectivity index (χ3v) is 5.41. The number of piperidine rings is 1. The predicted molar refractivity (Wildman–Crippen MR) is 111 cm³/mol. The molecule has 2 aromatic carbocycles. The molecule has 0 aliphatic carbocycles. The maximum atomic E-state index is 14.1. The molecule has 2 aromatic rings. The molecule has 0 saturated carbocycles. The van der Waals surface area contributed by atoms with Crippen LogP contribution in [0, 0.1) is 0 Å². The number of aromatic carboxylic acids is 1. The van der Waals surface area contributed by atoms with E-state index in [9.17, 15) is 18.4 Å². The molecular formula is C23H26F2N2O4. The fourth-order valence-corrected chi connectivity index (χ4v) is 3.61. The maximum Gasteiger partial charge on any atom is 0.335 e. The number of alkyl halides is 2. The first-order valence-corrected chi connectivity index (χ1v) is 10.2. The van der Waals surface area contributed by atoms with Crippen LogP contribution in [0.1, 0.15) is 41.7 Å². The third-order valence-electron chi connectivity index (χ3n) is 5.41. The van der Waals surface area contributed by atoms with Gasteiger partial charge < -0.3 is 15.2 Å².